The molecule has 8 nitrogen and oxygen atoms in total. The monoisotopic (exact) mass is 514 g/mol. The van der Waals surface area contributed by atoms with E-state index in [0.717, 1.165) is 41.8 Å². The number of halogens is 1. The summed E-state index contributed by atoms with van der Waals surface area (Å²) in [4.78, 5) is 25.6. The second-order valence-corrected chi connectivity index (χ2v) is 10.6. The third kappa shape index (κ3) is 3.27. The Morgan fingerprint density at radius 2 is 1.92 bits per heavy atom. The third-order valence-electron chi connectivity index (χ3n) is 8.15. The van der Waals surface area contributed by atoms with Crippen LogP contribution in [-0.2, 0) is 37.7 Å². The highest BCUT2D eigenvalue weighted by Gasteiger charge is 2.61. The maximum absolute atomic E-state index is 13.8. The van der Waals surface area contributed by atoms with E-state index in [-0.39, 0.29) is 5.41 Å². The van der Waals surface area contributed by atoms with Crippen LogP contribution >= 0.6 is 0 Å². The lowest BCUT2D eigenvalue weighted by atomic mass is 9.74. The highest BCUT2D eigenvalue weighted by Crippen LogP contribution is 2.49. The fraction of sp³-hybridized carbons (Fsp3) is 0.345. The number of amidine groups is 1. The van der Waals surface area contributed by atoms with Crippen molar-refractivity contribution in [3.63, 3.8) is 0 Å². The van der Waals surface area contributed by atoms with Gasteiger partial charge in [-0.2, -0.15) is 0 Å². The first-order valence-electron chi connectivity index (χ1n) is 12.8. The smallest absolute Gasteiger partial charge is 0.380 e. The molecular weight excluding hydrogens is 487 g/mol. The van der Waals surface area contributed by atoms with E-state index in [1.165, 1.54) is 30.4 Å². The molecule has 2 fully saturated rings. The van der Waals surface area contributed by atoms with Gasteiger partial charge >= 0.3 is 11.7 Å². The van der Waals surface area contributed by atoms with E-state index in [2.05, 4.69) is 32.9 Å². The van der Waals surface area contributed by atoms with Crippen molar-refractivity contribution in [1.29, 1.82) is 0 Å². The number of benzene rings is 2. The molecule has 4 aliphatic rings. The van der Waals surface area contributed by atoms with Crippen LogP contribution in [0.25, 0.3) is 11.8 Å². The summed E-state index contributed by atoms with van der Waals surface area (Å²) in [5.41, 5.74) is 5.55. The first-order chi connectivity index (χ1) is 18.4. The summed E-state index contributed by atoms with van der Waals surface area (Å²) in [7, 11) is 1.32. The van der Waals surface area contributed by atoms with Crippen molar-refractivity contribution in [2.24, 2.45) is 10.6 Å². The molecule has 0 radical (unpaired) electrons. The van der Waals surface area contributed by atoms with E-state index in [9.17, 15) is 9.18 Å². The zero-order valence-electron chi connectivity index (χ0n) is 21.2. The number of aryl methyl sites for hydroxylation is 1. The molecule has 38 heavy (non-hydrogen) atoms. The fourth-order valence-electron chi connectivity index (χ4n) is 6.10. The Bertz CT molecular complexity index is 1520. The SMILES string of the molecule is COC(=O)C1(c2ccc(F)cc2)ON=C2C(=Cc3ccc(-n4cnc(C)c4)c4c3CC4)CC3(COC3)CN21. The molecule has 1 unspecified atom stereocenters. The van der Waals surface area contributed by atoms with Gasteiger partial charge in [0.15, 0.2) is 5.84 Å². The molecule has 0 saturated carbocycles. The topological polar surface area (TPSA) is 78.2 Å². The van der Waals surface area contributed by atoms with Crippen LogP contribution in [-0.4, -0.2) is 53.1 Å². The maximum Gasteiger partial charge on any atom is 0.380 e. The number of imidazole rings is 1. The predicted octanol–water partition coefficient (Wildman–Crippen LogP) is 3.89. The fourth-order valence-corrected chi connectivity index (χ4v) is 6.10. The van der Waals surface area contributed by atoms with Crippen molar-refractivity contribution in [2.75, 3.05) is 26.9 Å². The molecule has 9 heteroatoms. The minimum Gasteiger partial charge on any atom is -0.464 e. The van der Waals surface area contributed by atoms with E-state index in [0.29, 0.717) is 31.2 Å². The molecule has 7 rings (SSSR count). The van der Waals surface area contributed by atoms with Gasteiger partial charge in [-0.05, 0) is 84.9 Å². The van der Waals surface area contributed by atoms with Crippen molar-refractivity contribution in [3.8, 4) is 5.69 Å². The van der Waals surface area contributed by atoms with Gasteiger partial charge in [0.05, 0.1) is 32.3 Å². The first kappa shape index (κ1) is 23.2. The van der Waals surface area contributed by atoms with Crippen molar-refractivity contribution in [2.45, 2.75) is 31.9 Å². The van der Waals surface area contributed by atoms with E-state index in [4.69, 9.17) is 14.3 Å². The highest BCUT2D eigenvalue weighted by molar-refractivity contribution is 6.06. The van der Waals surface area contributed by atoms with E-state index in [1.54, 1.807) is 12.1 Å². The number of aromatic nitrogens is 2. The molecule has 1 aromatic heterocycles. The second kappa shape index (κ2) is 8.26. The molecule has 2 saturated heterocycles. The molecule has 0 amide bonds. The minimum absolute atomic E-state index is 0.181. The van der Waals surface area contributed by atoms with Gasteiger partial charge in [0.2, 0.25) is 0 Å². The van der Waals surface area contributed by atoms with Gasteiger partial charge in [-0.1, -0.05) is 11.2 Å². The Labute approximate surface area is 219 Å². The summed E-state index contributed by atoms with van der Waals surface area (Å²) in [6.45, 7) is 3.64. The van der Waals surface area contributed by atoms with Crippen LogP contribution in [0.2, 0.25) is 0 Å². The van der Waals surface area contributed by atoms with Gasteiger partial charge in [-0.3, -0.25) is 4.90 Å². The molecule has 1 spiro atoms. The molecule has 4 heterocycles. The third-order valence-corrected chi connectivity index (χ3v) is 8.15. The normalized spacial score (nSPS) is 23.7. The number of ether oxygens (including phenoxy) is 2. The largest absolute Gasteiger partial charge is 0.464 e. The van der Waals surface area contributed by atoms with E-state index < -0.39 is 17.5 Å². The molecule has 1 aliphatic carbocycles. The number of carbonyl (C=O) groups excluding carboxylic acids is 1. The zero-order chi connectivity index (χ0) is 26.1. The van der Waals surface area contributed by atoms with Crippen molar-refractivity contribution in [1.82, 2.24) is 14.5 Å². The number of hydrogen-bond acceptors (Lipinski definition) is 7. The summed E-state index contributed by atoms with van der Waals surface area (Å²) in [6, 6.07) is 10.00. The van der Waals surface area contributed by atoms with Crippen LogP contribution < -0.4 is 0 Å². The number of rotatable bonds is 4. The number of methoxy groups -OCH3 is 1. The average molecular weight is 515 g/mol. The Kier molecular flexibility index (Phi) is 5.03. The Hall–Kier alpha value is -3.98. The molecule has 2 aromatic carbocycles. The summed E-state index contributed by atoms with van der Waals surface area (Å²) < 4.78 is 26.7. The molecule has 194 valence electrons. The van der Waals surface area contributed by atoms with Crippen molar-refractivity contribution >= 4 is 17.9 Å². The first-order valence-corrected chi connectivity index (χ1v) is 12.8. The van der Waals surface area contributed by atoms with Crippen LogP contribution in [0.15, 0.2) is 59.7 Å². The lowest BCUT2D eigenvalue weighted by Crippen LogP contribution is -2.62. The zero-order valence-corrected chi connectivity index (χ0v) is 21.2. The molecule has 1 atom stereocenters. The van der Waals surface area contributed by atoms with Gasteiger partial charge in [0.25, 0.3) is 0 Å². The number of oxime groups is 1. The van der Waals surface area contributed by atoms with Gasteiger partial charge < -0.3 is 18.9 Å². The van der Waals surface area contributed by atoms with Crippen LogP contribution in [0.1, 0.15) is 34.4 Å². The summed E-state index contributed by atoms with van der Waals surface area (Å²) in [6.07, 6.45) is 8.84. The van der Waals surface area contributed by atoms with Crippen LogP contribution in [0.5, 0.6) is 0 Å². The quantitative estimate of drug-likeness (QED) is 0.492. The number of hydrogen-bond donors (Lipinski definition) is 0. The van der Waals surface area contributed by atoms with Crippen molar-refractivity contribution < 1.29 is 23.5 Å². The predicted molar refractivity (Wildman–Crippen MR) is 137 cm³/mol. The molecular formula is C29H27FN4O4. The Morgan fingerprint density at radius 3 is 2.55 bits per heavy atom. The Balaban J connectivity index is 1.31. The minimum atomic E-state index is -1.63. The average Bonchev–Trinajstić information content (AvgIpc) is 3.48. The van der Waals surface area contributed by atoms with Gasteiger partial charge in [-0.15, -0.1) is 0 Å². The number of piperidine rings is 1. The number of carbonyl (C=O) groups is 1. The molecule has 3 aliphatic heterocycles. The second-order valence-electron chi connectivity index (χ2n) is 10.6. The molecule has 0 bridgehead atoms. The molecule has 0 N–H and O–H groups in total. The number of fused-ring (bicyclic) bond motifs is 2. The van der Waals surface area contributed by atoms with Gasteiger partial charge in [0.1, 0.15) is 5.82 Å². The highest BCUT2D eigenvalue weighted by atomic mass is 19.1. The van der Waals surface area contributed by atoms with Crippen LogP contribution in [0, 0.1) is 18.2 Å². The lowest BCUT2D eigenvalue weighted by Gasteiger charge is -2.50. The Morgan fingerprint density at radius 1 is 1.13 bits per heavy atom. The van der Waals surface area contributed by atoms with Crippen molar-refractivity contribution in [3.05, 3.63) is 88.3 Å². The lowest BCUT2D eigenvalue weighted by molar-refractivity contribution is -0.198. The molecule has 3 aromatic rings. The van der Waals surface area contributed by atoms with Gasteiger partial charge in [0, 0.05) is 29.4 Å². The van der Waals surface area contributed by atoms with E-state index >= 15 is 0 Å². The summed E-state index contributed by atoms with van der Waals surface area (Å²) in [5.74, 6) is -0.411. The van der Waals surface area contributed by atoms with Crippen LogP contribution in [0.4, 0.5) is 4.39 Å². The summed E-state index contributed by atoms with van der Waals surface area (Å²) in [5, 5.41) is 4.45. The van der Waals surface area contributed by atoms with Crippen LogP contribution in [0.3, 0.4) is 0 Å². The summed E-state index contributed by atoms with van der Waals surface area (Å²) >= 11 is 0. The maximum atomic E-state index is 13.8. The van der Waals surface area contributed by atoms with E-state index in [1.807, 2.05) is 24.3 Å². The standard InChI is InChI=1S/C29H27FN4O4/c1-18-13-33(17-31-18)25-10-3-19(23-8-9-24(23)25)11-20-12-28(15-37-16-28)14-34-26(20)32-38-29(34,27(35)36-2)21-4-6-22(30)7-5-21/h3-7,10-11,13,17H,8-9,12,14-16H2,1-2H3. The number of esters is 1. The number of nitrogens with zero attached hydrogens (tertiary/aromatic N) is 4. The van der Waals surface area contributed by atoms with Gasteiger partial charge in [-0.25, -0.2) is 14.2 Å².